The van der Waals surface area contributed by atoms with Gasteiger partial charge in [-0.3, -0.25) is 9.20 Å². The number of carbonyl (C=O) groups is 1. The topological polar surface area (TPSA) is 98.6 Å². The van der Waals surface area contributed by atoms with Gasteiger partial charge in [0.25, 0.3) is 5.91 Å². The molecule has 1 saturated heterocycles. The maximum Gasteiger partial charge on any atom is 0.298 e. The zero-order valence-corrected chi connectivity index (χ0v) is 20.3. The number of nitrogens with two attached hydrogens (primary N) is 1. The maximum atomic E-state index is 15.2. The Labute approximate surface area is 213 Å². The number of halogens is 1. The average Bonchev–Trinajstić information content (AvgIpc) is 3.50. The number of hydrogen-bond acceptors (Lipinski definition) is 6. The zero-order valence-electron chi connectivity index (χ0n) is 20.3. The second-order valence-corrected chi connectivity index (χ2v) is 9.41. The van der Waals surface area contributed by atoms with Crippen LogP contribution in [0, 0.1) is 17.7 Å². The minimum atomic E-state index is -0.535. The summed E-state index contributed by atoms with van der Waals surface area (Å²) in [5.41, 5.74) is 9.51. The molecule has 0 bridgehead atoms. The molecule has 1 saturated carbocycles. The summed E-state index contributed by atoms with van der Waals surface area (Å²) in [4.78, 5) is 27.3. The van der Waals surface area contributed by atoms with Crippen LogP contribution in [0.4, 0.5) is 10.3 Å². The van der Waals surface area contributed by atoms with Gasteiger partial charge in [0.05, 0.1) is 11.2 Å². The van der Waals surface area contributed by atoms with Crippen molar-refractivity contribution in [1.82, 2.24) is 24.3 Å². The van der Waals surface area contributed by atoms with Crippen LogP contribution in [0.1, 0.15) is 49.3 Å². The van der Waals surface area contributed by atoms with Gasteiger partial charge in [0.15, 0.2) is 11.6 Å². The lowest BCUT2D eigenvalue weighted by molar-refractivity contribution is -0.124. The van der Waals surface area contributed by atoms with Gasteiger partial charge in [0.1, 0.15) is 5.82 Å². The third-order valence-corrected chi connectivity index (χ3v) is 6.92. The predicted molar refractivity (Wildman–Crippen MR) is 136 cm³/mol. The standard InChI is InChI=1S/C28H25FN6O2/c1-2-3-25(36)34-13-10-20(16-34)26-22-9-12-32-28(30)35(22)27(33-26)19-6-7-23(21(29)14-19)37-24-15-18(8-11-31-24)17-4-5-17/h6-9,11-12,14-15,17,20H,4-5,10,13,16H2,1H3,(H2,30,32). The molecule has 1 amide bonds. The van der Waals surface area contributed by atoms with E-state index in [1.54, 1.807) is 40.8 Å². The highest BCUT2D eigenvalue weighted by Crippen LogP contribution is 2.41. The predicted octanol–water partition coefficient (Wildman–Crippen LogP) is 4.52. The van der Waals surface area contributed by atoms with Gasteiger partial charge >= 0.3 is 0 Å². The number of rotatable bonds is 5. The Morgan fingerprint density at radius 3 is 2.73 bits per heavy atom. The highest BCUT2D eigenvalue weighted by molar-refractivity contribution is 5.93. The number of imidazole rings is 1. The molecule has 2 N–H and O–H groups in total. The third kappa shape index (κ3) is 4.35. The molecule has 1 aliphatic heterocycles. The lowest BCUT2D eigenvalue weighted by atomic mass is 10.0. The summed E-state index contributed by atoms with van der Waals surface area (Å²) >= 11 is 0. The van der Waals surface area contributed by atoms with E-state index in [2.05, 4.69) is 21.8 Å². The van der Waals surface area contributed by atoms with Crippen molar-refractivity contribution in [2.75, 3.05) is 18.8 Å². The van der Waals surface area contributed by atoms with Crippen LogP contribution in [-0.2, 0) is 4.79 Å². The fraction of sp³-hybridized carbons (Fsp3) is 0.286. The first-order valence-electron chi connectivity index (χ1n) is 12.3. The fourth-order valence-electron chi connectivity index (χ4n) is 4.92. The number of fused-ring (bicyclic) bond motifs is 1. The summed E-state index contributed by atoms with van der Waals surface area (Å²) in [5, 5.41) is 0. The third-order valence-electron chi connectivity index (χ3n) is 6.92. The van der Waals surface area contributed by atoms with Gasteiger partial charge in [-0.2, -0.15) is 0 Å². The Balaban J connectivity index is 1.32. The molecule has 2 aliphatic rings. The number of benzene rings is 1. The van der Waals surface area contributed by atoms with E-state index in [-0.39, 0.29) is 23.5 Å². The molecule has 186 valence electrons. The van der Waals surface area contributed by atoms with Crippen LogP contribution in [0.5, 0.6) is 11.6 Å². The molecule has 4 aromatic rings. The number of nitrogen functional groups attached to an aromatic ring is 1. The van der Waals surface area contributed by atoms with Gasteiger partial charge in [0.2, 0.25) is 11.8 Å². The fourth-order valence-corrected chi connectivity index (χ4v) is 4.92. The van der Waals surface area contributed by atoms with E-state index in [0.29, 0.717) is 36.3 Å². The van der Waals surface area contributed by atoms with Crippen LogP contribution < -0.4 is 10.5 Å². The van der Waals surface area contributed by atoms with Crippen LogP contribution in [-0.4, -0.2) is 43.2 Å². The second-order valence-electron chi connectivity index (χ2n) is 9.41. The van der Waals surface area contributed by atoms with Gasteiger partial charge in [-0.15, -0.1) is 0 Å². The minimum Gasteiger partial charge on any atom is -0.436 e. The summed E-state index contributed by atoms with van der Waals surface area (Å²) in [6.07, 6.45) is 6.38. The van der Waals surface area contributed by atoms with Crippen molar-refractivity contribution in [2.45, 2.75) is 38.0 Å². The van der Waals surface area contributed by atoms with E-state index in [0.717, 1.165) is 36.0 Å². The van der Waals surface area contributed by atoms with Crippen LogP contribution in [0.15, 0.2) is 48.8 Å². The number of nitrogens with zero attached hydrogens (tertiary/aromatic N) is 5. The lowest BCUT2D eigenvalue weighted by Crippen LogP contribution is -2.26. The Kier molecular flexibility index (Phi) is 5.72. The second kappa shape index (κ2) is 9.21. The average molecular weight is 497 g/mol. The molecule has 0 spiro atoms. The SMILES string of the molecule is CC#CC(=O)N1CCC(c2nc(-c3ccc(Oc4cc(C5CC5)ccn4)c(F)c3)n3c(N)nccc23)C1. The van der Waals surface area contributed by atoms with Crippen LogP contribution in [0.3, 0.4) is 0 Å². The Bertz CT molecular complexity index is 1580. The highest BCUT2D eigenvalue weighted by atomic mass is 19.1. The van der Waals surface area contributed by atoms with Crippen molar-refractivity contribution in [1.29, 1.82) is 0 Å². The molecule has 0 radical (unpaired) electrons. The van der Waals surface area contributed by atoms with E-state index < -0.39 is 5.82 Å². The van der Waals surface area contributed by atoms with Gasteiger partial charge in [0, 0.05) is 43.0 Å². The molecule has 9 heteroatoms. The molecule has 8 nitrogen and oxygen atoms in total. The van der Waals surface area contributed by atoms with E-state index in [1.807, 2.05) is 18.2 Å². The normalized spacial score (nSPS) is 17.0. The van der Waals surface area contributed by atoms with E-state index in [9.17, 15) is 4.79 Å². The zero-order chi connectivity index (χ0) is 25.5. The molecule has 2 fully saturated rings. The Morgan fingerprint density at radius 2 is 1.95 bits per heavy atom. The van der Waals surface area contributed by atoms with Crippen molar-refractivity contribution in [3.63, 3.8) is 0 Å². The van der Waals surface area contributed by atoms with Gasteiger partial charge in [-0.25, -0.2) is 19.3 Å². The van der Waals surface area contributed by atoms with Gasteiger partial charge in [-0.05, 0) is 73.9 Å². The van der Waals surface area contributed by atoms with E-state index in [4.69, 9.17) is 15.5 Å². The maximum absolute atomic E-state index is 15.2. The molecular weight excluding hydrogens is 471 g/mol. The van der Waals surface area contributed by atoms with Crippen LogP contribution >= 0.6 is 0 Å². The lowest BCUT2D eigenvalue weighted by Gasteiger charge is -2.12. The number of pyridine rings is 1. The Morgan fingerprint density at radius 1 is 1.11 bits per heavy atom. The van der Waals surface area contributed by atoms with Crippen molar-refractivity contribution >= 4 is 17.4 Å². The van der Waals surface area contributed by atoms with Crippen LogP contribution in [0.25, 0.3) is 16.9 Å². The summed E-state index contributed by atoms with van der Waals surface area (Å²) in [5.74, 6) is 6.26. The number of carbonyl (C=O) groups excluding carboxylic acids is 1. The first-order valence-corrected chi connectivity index (χ1v) is 12.3. The Hall–Kier alpha value is -4.45. The molecule has 4 heterocycles. The largest absolute Gasteiger partial charge is 0.436 e. The molecule has 3 aromatic heterocycles. The molecular formula is C28H25FN6O2. The monoisotopic (exact) mass is 496 g/mol. The molecule has 1 atom stereocenters. The van der Waals surface area contributed by atoms with E-state index >= 15 is 4.39 Å². The molecule has 1 aliphatic carbocycles. The van der Waals surface area contributed by atoms with Crippen LogP contribution in [0.2, 0.25) is 0 Å². The number of likely N-dealkylation sites (tertiary alicyclic amines) is 1. The quantitative estimate of drug-likeness (QED) is 0.408. The van der Waals surface area contributed by atoms with Crippen molar-refractivity contribution in [3.8, 4) is 34.9 Å². The molecule has 37 heavy (non-hydrogen) atoms. The van der Waals surface area contributed by atoms with Crippen molar-refractivity contribution in [2.24, 2.45) is 0 Å². The van der Waals surface area contributed by atoms with E-state index in [1.165, 1.54) is 6.07 Å². The molecule has 1 aromatic carbocycles. The number of aromatic nitrogens is 4. The minimum absolute atomic E-state index is 0.00503. The molecule has 1 unspecified atom stereocenters. The summed E-state index contributed by atoms with van der Waals surface area (Å²) < 4.78 is 22.7. The molecule has 6 rings (SSSR count). The van der Waals surface area contributed by atoms with Crippen molar-refractivity contribution in [3.05, 3.63) is 65.9 Å². The number of amides is 1. The van der Waals surface area contributed by atoms with Gasteiger partial charge in [-0.1, -0.05) is 5.92 Å². The van der Waals surface area contributed by atoms with Crippen molar-refractivity contribution < 1.29 is 13.9 Å². The number of ether oxygens (including phenoxy) is 1. The number of hydrogen-bond donors (Lipinski definition) is 1. The summed E-state index contributed by atoms with van der Waals surface area (Å²) in [7, 11) is 0. The first-order chi connectivity index (χ1) is 18.0. The summed E-state index contributed by atoms with van der Waals surface area (Å²) in [6.45, 7) is 2.76. The first kappa shape index (κ1) is 23.0. The van der Waals surface area contributed by atoms with Gasteiger partial charge < -0.3 is 15.4 Å². The highest BCUT2D eigenvalue weighted by Gasteiger charge is 2.31. The smallest absolute Gasteiger partial charge is 0.298 e. The number of anilines is 1. The summed E-state index contributed by atoms with van der Waals surface area (Å²) in [6, 6.07) is 10.4.